The van der Waals surface area contributed by atoms with Crippen LogP contribution in [0.2, 0.25) is 0 Å². The molecular formula is C15H19NS. The van der Waals surface area contributed by atoms with E-state index in [2.05, 4.69) is 29.6 Å². The maximum atomic E-state index is 5.55. The van der Waals surface area contributed by atoms with Crippen LogP contribution in [0.5, 0.6) is 0 Å². The molecule has 2 aliphatic rings. The van der Waals surface area contributed by atoms with Crippen molar-refractivity contribution in [2.75, 3.05) is 0 Å². The van der Waals surface area contributed by atoms with Crippen LogP contribution in [0, 0.1) is 0 Å². The number of hydrogen-bond acceptors (Lipinski definition) is 1. The first-order chi connectivity index (χ1) is 8.29. The van der Waals surface area contributed by atoms with Gasteiger partial charge in [-0.1, -0.05) is 62.2 Å². The Hall–Kier alpha value is -0.890. The number of hydrogen-bond donors (Lipinski definition) is 1. The fourth-order valence-electron chi connectivity index (χ4n) is 3.32. The second-order valence-corrected chi connectivity index (χ2v) is 5.89. The topological polar surface area (TPSA) is 12.0 Å². The molecule has 0 aromatic heterocycles. The number of nitrogens with one attached hydrogen (secondary N) is 1. The molecule has 17 heavy (non-hydrogen) atoms. The molecule has 3 rings (SSSR count). The highest BCUT2D eigenvalue weighted by Gasteiger charge is 2.35. The predicted octanol–water partition coefficient (Wildman–Crippen LogP) is 3.60. The van der Waals surface area contributed by atoms with Crippen LogP contribution in [-0.4, -0.2) is 10.5 Å². The number of thiocarbonyl (C=S) groups is 1. The van der Waals surface area contributed by atoms with Gasteiger partial charge in [0.2, 0.25) is 0 Å². The number of benzene rings is 1. The summed E-state index contributed by atoms with van der Waals surface area (Å²) in [4.78, 5) is 0.966. The van der Waals surface area contributed by atoms with Crippen LogP contribution < -0.4 is 5.32 Å². The minimum absolute atomic E-state index is 0.266. The van der Waals surface area contributed by atoms with E-state index in [1.807, 2.05) is 0 Å². The zero-order chi connectivity index (χ0) is 11.7. The molecule has 0 saturated heterocycles. The molecule has 1 fully saturated rings. The maximum absolute atomic E-state index is 5.55. The third-order valence-electron chi connectivity index (χ3n) is 4.23. The average Bonchev–Trinajstić information content (AvgIpc) is 2.55. The van der Waals surface area contributed by atoms with E-state index >= 15 is 0 Å². The first-order valence-corrected chi connectivity index (χ1v) is 7.10. The zero-order valence-electron chi connectivity index (χ0n) is 10.2. The summed E-state index contributed by atoms with van der Waals surface area (Å²) in [7, 11) is 0. The van der Waals surface area contributed by atoms with Gasteiger partial charge in [0.15, 0.2) is 0 Å². The first-order valence-electron chi connectivity index (χ1n) is 6.70. The lowest BCUT2D eigenvalue weighted by atomic mass is 9.79. The van der Waals surface area contributed by atoms with Gasteiger partial charge in [0.1, 0.15) is 4.99 Å². The van der Waals surface area contributed by atoms with Crippen molar-refractivity contribution >= 4 is 17.2 Å². The molecule has 1 N–H and O–H groups in total. The van der Waals surface area contributed by atoms with Crippen molar-refractivity contribution in [3.05, 3.63) is 35.4 Å². The van der Waals surface area contributed by atoms with Crippen molar-refractivity contribution < 1.29 is 0 Å². The third-order valence-corrected chi connectivity index (χ3v) is 4.55. The van der Waals surface area contributed by atoms with Crippen molar-refractivity contribution in [1.82, 2.24) is 5.32 Å². The molecule has 0 radical (unpaired) electrons. The molecule has 1 aliphatic heterocycles. The van der Waals surface area contributed by atoms with Crippen molar-refractivity contribution in [2.24, 2.45) is 0 Å². The lowest BCUT2D eigenvalue weighted by Crippen LogP contribution is -2.52. The van der Waals surface area contributed by atoms with Crippen LogP contribution in [-0.2, 0) is 6.42 Å². The molecule has 1 aromatic rings. The molecule has 1 aliphatic carbocycles. The number of fused-ring (bicyclic) bond motifs is 1. The van der Waals surface area contributed by atoms with Gasteiger partial charge < -0.3 is 5.32 Å². The minimum Gasteiger partial charge on any atom is -0.370 e. The molecule has 1 spiro atoms. The molecule has 0 atom stereocenters. The predicted molar refractivity (Wildman–Crippen MR) is 75.4 cm³/mol. The second kappa shape index (κ2) is 4.41. The molecular weight excluding hydrogens is 226 g/mol. The van der Waals surface area contributed by atoms with Gasteiger partial charge >= 0.3 is 0 Å². The maximum Gasteiger partial charge on any atom is 0.107 e. The van der Waals surface area contributed by atoms with Gasteiger partial charge in [0.05, 0.1) is 0 Å². The molecule has 1 aromatic carbocycles. The van der Waals surface area contributed by atoms with Crippen molar-refractivity contribution in [1.29, 1.82) is 0 Å². The van der Waals surface area contributed by atoms with Crippen LogP contribution >= 0.6 is 12.2 Å². The van der Waals surface area contributed by atoms with E-state index in [0.29, 0.717) is 0 Å². The summed E-state index contributed by atoms with van der Waals surface area (Å²) >= 11 is 5.55. The molecule has 0 unspecified atom stereocenters. The van der Waals surface area contributed by atoms with Gasteiger partial charge in [-0.15, -0.1) is 0 Å². The zero-order valence-corrected chi connectivity index (χ0v) is 11.0. The Morgan fingerprint density at radius 3 is 2.47 bits per heavy atom. The summed E-state index contributed by atoms with van der Waals surface area (Å²) in [6, 6.07) is 8.61. The highest BCUT2D eigenvalue weighted by atomic mass is 32.1. The summed E-state index contributed by atoms with van der Waals surface area (Å²) in [5.74, 6) is 0. The normalized spacial score (nSPS) is 22.7. The Balaban J connectivity index is 1.94. The summed E-state index contributed by atoms with van der Waals surface area (Å²) in [5.41, 5.74) is 2.96. The SMILES string of the molecule is S=C1NC2(CCCCCC2)Cc2ccccc21. The highest BCUT2D eigenvalue weighted by molar-refractivity contribution is 7.80. The van der Waals surface area contributed by atoms with E-state index in [4.69, 9.17) is 12.2 Å². The highest BCUT2D eigenvalue weighted by Crippen LogP contribution is 2.34. The molecule has 2 heteroatoms. The Bertz CT molecular complexity index is 430. The first kappa shape index (κ1) is 11.2. The fraction of sp³-hybridized carbons (Fsp3) is 0.533. The molecule has 0 amide bonds. The van der Waals surface area contributed by atoms with Crippen molar-refractivity contribution in [2.45, 2.75) is 50.5 Å². The van der Waals surface area contributed by atoms with Gasteiger partial charge in [-0.3, -0.25) is 0 Å². The van der Waals surface area contributed by atoms with E-state index in [1.54, 1.807) is 0 Å². The van der Waals surface area contributed by atoms with Gasteiger partial charge in [-0.25, -0.2) is 0 Å². The lowest BCUT2D eigenvalue weighted by molar-refractivity contribution is 0.324. The molecule has 1 nitrogen and oxygen atoms in total. The van der Waals surface area contributed by atoms with E-state index in [-0.39, 0.29) is 5.54 Å². The Labute approximate surface area is 109 Å². The third kappa shape index (κ3) is 2.11. The Morgan fingerprint density at radius 2 is 1.71 bits per heavy atom. The minimum atomic E-state index is 0.266. The molecule has 0 bridgehead atoms. The summed E-state index contributed by atoms with van der Waals surface area (Å²) in [5, 5.41) is 3.66. The average molecular weight is 245 g/mol. The van der Waals surface area contributed by atoms with Crippen molar-refractivity contribution in [3.8, 4) is 0 Å². The van der Waals surface area contributed by atoms with Gasteiger partial charge in [-0.2, -0.15) is 0 Å². The molecule has 1 heterocycles. The van der Waals surface area contributed by atoms with Gasteiger partial charge in [-0.05, 0) is 24.8 Å². The Kier molecular flexibility index (Phi) is 2.91. The van der Waals surface area contributed by atoms with Crippen LogP contribution in [0.4, 0.5) is 0 Å². The van der Waals surface area contributed by atoms with E-state index in [9.17, 15) is 0 Å². The van der Waals surface area contributed by atoms with E-state index < -0.39 is 0 Å². The number of rotatable bonds is 0. The summed E-state index contributed by atoms with van der Waals surface area (Å²) < 4.78 is 0. The molecule has 1 saturated carbocycles. The van der Waals surface area contributed by atoms with E-state index in [1.165, 1.54) is 49.7 Å². The van der Waals surface area contributed by atoms with E-state index in [0.717, 1.165) is 11.4 Å². The smallest absolute Gasteiger partial charge is 0.107 e. The monoisotopic (exact) mass is 245 g/mol. The fourth-order valence-corrected chi connectivity index (χ4v) is 3.74. The lowest BCUT2D eigenvalue weighted by Gasteiger charge is -2.40. The summed E-state index contributed by atoms with van der Waals surface area (Å²) in [6.45, 7) is 0. The quantitative estimate of drug-likeness (QED) is 0.701. The van der Waals surface area contributed by atoms with Gasteiger partial charge in [0, 0.05) is 11.1 Å². The summed E-state index contributed by atoms with van der Waals surface area (Å²) in [6.07, 6.45) is 9.18. The standard InChI is InChI=1S/C15H19NS/c17-14-13-8-4-3-7-12(13)11-15(16-14)9-5-1-2-6-10-15/h3-4,7-8H,1-2,5-6,9-11H2,(H,16,17). The van der Waals surface area contributed by atoms with Gasteiger partial charge in [0.25, 0.3) is 0 Å². The van der Waals surface area contributed by atoms with Crippen LogP contribution in [0.15, 0.2) is 24.3 Å². The molecule has 90 valence electrons. The second-order valence-electron chi connectivity index (χ2n) is 5.48. The Morgan fingerprint density at radius 1 is 1.00 bits per heavy atom. The van der Waals surface area contributed by atoms with Crippen molar-refractivity contribution in [3.63, 3.8) is 0 Å². The van der Waals surface area contributed by atoms with Crippen LogP contribution in [0.1, 0.15) is 49.7 Å². The van der Waals surface area contributed by atoms with Crippen LogP contribution in [0.25, 0.3) is 0 Å². The largest absolute Gasteiger partial charge is 0.370 e. The van der Waals surface area contributed by atoms with Crippen LogP contribution in [0.3, 0.4) is 0 Å².